The average molecular weight is 565 g/mol. The number of halogens is 4. The molecule has 1 unspecified atom stereocenters. The lowest BCUT2D eigenvalue weighted by atomic mass is 9.43. The molecule has 3 N–H and O–H groups in total. The molecule has 0 amide bonds. The Bertz CT molecular complexity index is 1380. The van der Waals surface area contributed by atoms with E-state index in [1.54, 1.807) is 0 Å². The van der Waals surface area contributed by atoms with E-state index in [1.165, 1.54) is 0 Å². The lowest BCUT2D eigenvalue weighted by Gasteiger charge is -2.62. The molecule has 1 aromatic heterocycles. The van der Waals surface area contributed by atoms with Crippen molar-refractivity contribution in [3.63, 3.8) is 0 Å². The van der Waals surface area contributed by atoms with Gasteiger partial charge in [0.15, 0.2) is 23.3 Å². The van der Waals surface area contributed by atoms with Crippen molar-refractivity contribution in [3.05, 3.63) is 39.4 Å². The molecule has 9 heteroatoms. The van der Waals surface area contributed by atoms with Gasteiger partial charge in [-0.05, 0) is 104 Å². The van der Waals surface area contributed by atoms with E-state index in [1.807, 2.05) is 0 Å². The van der Waals surface area contributed by atoms with Crippen molar-refractivity contribution in [2.75, 3.05) is 0 Å². The van der Waals surface area contributed by atoms with Crippen LogP contribution in [0.1, 0.15) is 84.4 Å². The van der Waals surface area contributed by atoms with Crippen LogP contribution in [0, 0.1) is 69.6 Å². The van der Waals surface area contributed by atoms with Crippen LogP contribution in [0.3, 0.4) is 0 Å². The average Bonchev–Trinajstić information content (AvgIpc) is 3.27. The van der Waals surface area contributed by atoms with Gasteiger partial charge in [0.2, 0.25) is 0 Å². The van der Waals surface area contributed by atoms with Gasteiger partial charge >= 0.3 is 0 Å². The van der Waals surface area contributed by atoms with Crippen LogP contribution >= 0.6 is 0 Å². The molecule has 10 atom stereocenters. The van der Waals surface area contributed by atoms with Gasteiger partial charge in [-0.1, -0.05) is 20.8 Å². The molecule has 2 aromatic rings. The highest BCUT2D eigenvalue weighted by Crippen LogP contribution is 2.68. The summed E-state index contributed by atoms with van der Waals surface area (Å²) in [4.78, 5) is 18.9. The van der Waals surface area contributed by atoms with Crippen LogP contribution in [-0.4, -0.2) is 32.4 Å². The fourth-order valence-corrected chi connectivity index (χ4v) is 10.1. The van der Waals surface area contributed by atoms with Crippen LogP contribution in [0.4, 0.5) is 17.6 Å². The Kier molecular flexibility index (Phi) is 6.88. The Morgan fingerprint density at radius 1 is 0.925 bits per heavy atom. The van der Waals surface area contributed by atoms with Gasteiger partial charge in [-0.25, -0.2) is 22.5 Å². The van der Waals surface area contributed by atoms with Gasteiger partial charge in [0.05, 0.1) is 12.2 Å². The number of nitrogens with zero attached hydrogens (tertiary/aromatic N) is 1. The van der Waals surface area contributed by atoms with Gasteiger partial charge in [-0.15, -0.1) is 0 Å². The maximum Gasteiger partial charge on any atom is 0.261 e. The second-order valence-electron chi connectivity index (χ2n) is 14.0. The standard InChI is InChI=1S/C31H40F4N2O3/c1-14(4-7-21-36-28-23(29(40)37-21)24(32)25(33)26(34)27(28)35)17-5-6-18-22-19(9-11-31(17,18)3)30(2)10-8-16(38)12-15(30)13-20(22)39/h14-20,22,38-39H,4-13H2,1-3H3,(H,36,37,40)/t14-,15+,16-,17-,18+,19?,20+,22+,30+,31-/m1/s1. The number of aliphatic hydroxyl groups is 2. The van der Waals surface area contributed by atoms with E-state index in [0.717, 1.165) is 51.4 Å². The van der Waals surface area contributed by atoms with Crippen LogP contribution in [-0.2, 0) is 6.42 Å². The van der Waals surface area contributed by atoms with Crippen molar-refractivity contribution in [1.29, 1.82) is 0 Å². The van der Waals surface area contributed by atoms with Crippen LogP contribution in [0.2, 0.25) is 0 Å². The predicted octanol–water partition coefficient (Wildman–Crippen LogP) is 6.04. The summed E-state index contributed by atoms with van der Waals surface area (Å²) >= 11 is 0. The maximum atomic E-state index is 14.4. The number of H-pyrrole nitrogens is 1. The minimum absolute atomic E-state index is 0.0685. The molecule has 0 bridgehead atoms. The van der Waals surface area contributed by atoms with E-state index < -0.39 is 39.7 Å². The van der Waals surface area contributed by atoms with Crippen molar-refractivity contribution in [2.24, 2.45) is 46.3 Å². The third-order valence-electron chi connectivity index (χ3n) is 12.2. The predicted molar refractivity (Wildman–Crippen MR) is 142 cm³/mol. The first-order valence-electron chi connectivity index (χ1n) is 15.0. The van der Waals surface area contributed by atoms with Crippen LogP contribution in [0.15, 0.2) is 4.79 Å². The Balaban J connectivity index is 1.20. The molecule has 220 valence electrons. The molecule has 4 saturated carbocycles. The number of hydrogen-bond acceptors (Lipinski definition) is 4. The molecule has 0 spiro atoms. The second kappa shape index (κ2) is 9.79. The summed E-state index contributed by atoms with van der Waals surface area (Å²) in [7, 11) is 0. The first kappa shape index (κ1) is 28.1. The normalized spacial score (nSPS) is 40.0. The molecule has 1 aromatic carbocycles. The van der Waals surface area contributed by atoms with Gasteiger partial charge in [0, 0.05) is 6.42 Å². The van der Waals surface area contributed by atoms with Crippen molar-refractivity contribution in [3.8, 4) is 0 Å². The molecule has 4 aliphatic rings. The number of aryl methyl sites for hydroxylation is 1. The fourth-order valence-electron chi connectivity index (χ4n) is 10.1. The quantitative estimate of drug-likeness (QED) is 0.240. The smallest absolute Gasteiger partial charge is 0.261 e. The lowest BCUT2D eigenvalue weighted by molar-refractivity contribution is -0.174. The highest BCUT2D eigenvalue weighted by molar-refractivity contribution is 5.79. The number of aromatic nitrogens is 2. The summed E-state index contributed by atoms with van der Waals surface area (Å²) in [6.07, 6.45) is 8.03. The molecule has 4 aliphatic carbocycles. The Hall–Kier alpha value is -2.00. The van der Waals surface area contributed by atoms with Crippen molar-refractivity contribution in [1.82, 2.24) is 9.97 Å². The maximum absolute atomic E-state index is 14.4. The summed E-state index contributed by atoms with van der Waals surface area (Å²) in [5.74, 6) is -5.11. The van der Waals surface area contributed by atoms with Crippen LogP contribution in [0.25, 0.3) is 10.9 Å². The Labute approximate surface area is 231 Å². The number of aliphatic hydroxyl groups excluding tert-OH is 2. The summed E-state index contributed by atoms with van der Waals surface area (Å²) in [5.41, 5.74) is -1.58. The first-order valence-corrected chi connectivity index (χ1v) is 15.0. The lowest BCUT2D eigenvalue weighted by Crippen LogP contribution is -2.58. The molecule has 0 aliphatic heterocycles. The van der Waals surface area contributed by atoms with Gasteiger partial charge in [-0.2, -0.15) is 0 Å². The highest BCUT2D eigenvalue weighted by atomic mass is 19.2. The summed E-state index contributed by atoms with van der Waals surface area (Å²) in [6, 6.07) is 0. The SMILES string of the molecule is C[C@H](CCc1nc2c(F)c(F)c(F)c(F)c2c(=O)[nH]1)[C@H]1CC[C@H]2[C@H]3C(CC[C@]12C)[C@@]1(C)CC[C@@H](O)C[C@H]1C[C@@H]3O. The number of fused-ring (bicyclic) bond motifs is 6. The molecule has 40 heavy (non-hydrogen) atoms. The fraction of sp³-hybridized carbons (Fsp3) is 0.742. The second-order valence-corrected chi connectivity index (χ2v) is 14.0. The number of aromatic amines is 1. The van der Waals surface area contributed by atoms with Crippen LogP contribution < -0.4 is 5.56 Å². The molecule has 5 nitrogen and oxygen atoms in total. The first-order chi connectivity index (χ1) is 18.9. The topological polar surface area (TPSA) is 86.2 Å². The number of hydrogen-bond donors (Lipinski definition) is 3. The largest absolute Gasteiger partial charge is 0.393 e. The van der Waals surface area contributed by atoms with E-state index in [9.17, 15) is 32.6 Å². The van der Waals surface area contributed by atoms with E-state index in [-0.39, 0.29) is 40.7 Å². The van der Waals surface area contributed by atoms with Gasteiger partial charge in [0.1, 0.15) is 16.7 Å². The summed E-state index contributed by atoms with van der Waals surface area (Å²) in [6.45, 7) is 6.95. The monoisotopic (exact) mass is 564 g/mol. The molecule has 1 heterocycles. The van der Waals surface area contributed by atoms with E-state index in [4.69, 9.17) is 0 Å². The summed E-state index contributed by atoms with van der Waals surface area (Å²) in [5, 5.41) is 20.8. The molecule has 0 saturated heterocycles. The zero-order valence-electron chi connectivity index (χ0n) is 23.5. The number of nitrogens with one attached hydrogen (secondary N) is 1. The highest BCUT2D eigenvalue weighted by Gasteiger charge is 2.62. The van der Waals surface area contributed by atoms with Crippen molar-refractivity contribution < 1.29 is 27.8 Å². The summed E-state index contributed by atoms with van der Waals surface area (Å²) < 4.78 is 56.0. The van der Waals surface area contributed by atoms with Gasteiger partial charge < -0.3 is 15.2 Å². The van der Waals surface area contributed by atoms with Crippen molar-refractivity contribution >= 4 is 10.9 Å². The molecule has 4 fully saturated rings. The Morgan fingerprint density at radius 3 is 2.35 bits per heavy atom. The molecular formula is C31H40F4N2O3. The van der Waals surface area contributed by atoms with Gasteiger partial charge in [-0.3, -0.25) is 4.79 Å². The zero-order chi connectivity index (χ0) is 28.7. The van der Waals surface area contributed by atoms with E-state index in [2.05, 4.69) is 30.7 Å². The molecule has 6 rings (SSSR count). The number of rotatable bonds is 4. The van der Waals surface area contributed by atoms with Crippen LogP contribution in [0.5, 0.6) is 0 Å². The third kappa shape index (κ3) is 4.08. The number of benzene rings is 1. The minimum Gasteiger partial charge on any atom is -0.393 e. The van der Waals surface area contributed by atoms with E-state index >= 15 is 0 Å². The van der Waals surface area contributed by atoms with Gasteiger partial charge in [0.25, 0.3) is 5.56 Å². The van der Waals surface area contributed by atoms with E-state index in [0.29, 0.717) is 36.5 Å². The zero-order valence-corrected chi connectivity index (χ0v) is 23.5. The minimum atomic E-state index is -2.02. The Morgan fingerprint density at radius 2 is 1.60 bits per heavy atom. The molecular weight excluding hydrogens is 524 g/mol. The van der Waals surface area contributed by atoms with Crippen molar-refractivity contribution in [2.45, 2.75) is 97.2 Å². The molecule has 0 radical (unpaired) electrons. The third-order valence-corrected chi connectivity index (χ3v) is 12.2.